The van der Waals surface area contributed by atoms with Crippen LogP contribution in [0.3, 0.4) is 0 Å². The van der Waals surface area contributed by atoms with E-state index in [1.165, 1.54) is 7.11 Å². The molecule has 1 atom stereocenters. The van der Waals surface area contributed by atoms with Gasteiger partial charge in [0.05, 0.1) is 97.2 Å². The minimum Gasteiger partial charge on any atom is -0.464 e. The molecular formula is C33H52N4O8. The van der Waals surface area contributed by atoms with Gasteiger partial charge in [0.15, 0.2) is 0 Å². The van der Waals surface area contributed by atoms with E-state index >= 15 is 0 Å². The summed E-state index contributed by atoms with van der Waals surface area (Å²) in [7, 11) is 1.35. The van der Waals surface area contributed by atoms with Crippen molar-refractivity contribution in [3.05, 3.63) is 59.2 Å². The summed E-state index contributed by atoms with van der Waals surface area (Å²) in [6, 6.07) is 11.4. The Morgan fingerprint density at radius 1 is 0.800 bits per heavy atom. The second-order valence-electron chi connectivity index (χ2n) is 10.7. The van der Waals surface area contributed by atoms with Gasteiger partial charge in [0, 0.05) is 45.0 Å². The van der Waals surface area contributed by atoms with Crippen molar-refractivity contribution < 1.29 is 38.0 Å². The van der Waals surface area contributed by atoms with Crippen molar-refractivity contribution in [1.82, 2.24) is 19.8 Å². The summed E-state index contributed by atoms with van der Waals surface area (Å²) < 4.78 is 40.2. The zero-order chi connectivity index (χ0) is 32.0. The second kappa shape index (κ2) is 22.9. The smallest absolute Gasteiger partial charge is 0.356 e. The fourth-order valence-corrected chi connectivity index (χ4v) is 4.79. The second-order valence-corrected chi connectivity index (χ2v) is 10.7. The molecule has 0 N–H and O–H groups in total. The highest BCUT2D eigenvalue weighted by molar-refractivity contribution is 5.87. The Bertz CT molecular complexity index is 1060. The van der Waals surface area contributed by atoms with Gasteiger partial charge in [-0.2, -0.15) is 0 Å². The monoisotopic (exact) mass is 632 g/mol. The lowest BCUT2D eigenvalue weighted by molar-refractivity contribution is -0.0165. The third-order valence-electron chi connectivity index (χ3n) is 7.17. The van der Waals surface area contributed by atoms with E-state index in [-0.39, 0.29) is 6.04 Å². The molecule has 0 bridgehead atoms. The number of nitrogens with zero attached hydrogens (tertiary/aromatic N) is 4. The molecule has 0 amide bonds. The number of hydrogen-bond donors (Lipinski definition) is 0. The van der Waals surface area contributed by atoms with Crippen LogP contribution in [0, 0.1) is 6.92 Å². The van der Waals surface area contributed by atoms with Crippen LogP contribution in [-0.4, -0.2) is 138 Å². The third-order valence-corrected chi connectivity index (χ3v) is 7.17. The highest BCUT2D eigenvalue weighted by Crippen LogP contribution is 2.20. The molecule has 1 saturated heterocycles. The summed E-state index contributed by atoms with van der Waals surface area (Å²) >= 11 is 0. The molecule has 12 nitrogen and oxygen atoms in total. The first-order valence-electron chi connectivity index (χ1n) is 16.0. The largest absolute Gasteiger partial charge is 0.464 e. The molecule has 0 aromatic carbocycles. The maximum Gasteiger partial charge on any atom is 0.356 e. The number of esters is 1. The van der Waals surface area contributed by atoms with Crippen molar-refractivity contribution in [3.8, 4) is 0 Å². The van der Waals surface area contributed by atoms with Gasteiger partial charge in [-0.25, -0.2) is 9.78 Å². The molecule has 0 radical (unpaired) electrons. The Morgan fingerprint density at radius 2 is 1.42 bits per heavy atom. The number of methoxy groups -OCH3 is 1. The van der Waals surface area contributed by atoms with E-state index in [9.17, 15) is 4.79 Å². The van der Waals surface area contributed by atoms with E-state index in [1.54, 1.807) is 6.07 Å². The number of pyridine rings is 2. The summed E-state index contributed by atoms with van der Waals surface area (Å²) in [5.41, 5.74) is 3.01. The molecule has 45 heavy (non-hydrogen) atoms. The molecule has 3 heterocycles. The van der Waals surface area contributed by atoms with Crippen molar-refractivity contribution in [2.45, 2.75) is 32.9 Å². The fourth-order valence-electron chi connectivity index (χ4n) is 4.79. The molecule has 12 heteroatoms. The number of carbonyl (C=O) groups excluding carboxylic acids is 1. The van der Waals surface area contributed by atoms with Gasteiger partial charge < -0.3 is 33.2 Å². The minimum atomic E-state index is -0.449. The summed E-state index contributed by atoms with van der Waals surface area (Å²) in [6.45, 7) is 13.9. The van der Waals surface area contributed by atoms with Crippen LogP contribution in [0.15, 0.2) is 36.4 Å². The van der Waals surface area contributed by atoms with E-state index in [0.29, 0.717) is 111 Å². The zero-order valence-electron chi connectivity index (χ0n) is 27.3. The molecular weight excluding hydrogens is 580 g/mol. The Balaban J connectivity index is 1.54. The van der Waals surface area contributed by atoms with Gasteiger partial charge in [-0.05, 0) is 37.6 Å². The van der Waals surface area contributed by atoms with E-state index in [1.807, 2.05) is 31.2 Å². The number of rotatable bonds is 12. The van der Waals surface area contributed by atoms with Crippen LogP contribution in [0.25, 0.3) is 0 Å². The third kappa shape index (κ3) is 15.1. The summed E-state index contributed by atoms with van der Waals surface area (Å²) in [5.74, 6) is -0.449. The van der Waals surface area contributed by atoms with Gasteiger partial charge >= 0.3 is 5.97 Å². The van der Waals surface area contributed by atoms with E-state index in [2.05, 4.69) is 27.8 Å². The van der Waals surface area contributed by atoms with Gasteiger partial charge in [0.25, 0.3) is 0 Å². The van der Waals surface area contributed by atoms with E-state index < -0.39 is 5.97 Å². The number of carbonyl (C=O) groups is 1. The molecule has 0 saturated carbocycles. The van der Waals surface area contributed by atoms with Crippen LogP contribution in [0.1, 0.15) is 47.0 Å². The Kier molecular flexibility index (Phi) is 18.8. The topological polar surface area (TPSA) is 114 Å². The predicted octanol–water partition coefficient (Wildman–Crippen LogP) is 2.94. The summed E-state index contributed by atoms with van der Waals surface area (Å²) in [6.07, 6.45) is 0.991. The van der Waals surface area contributed by atoms with Crippen molar-refractivity contribution in [1.29, 1.82) is 0 Å². The first-order chi connectivity index (χ1) is 22.1. The number of aryl methyl sites for hydroxylation is 1. The normalized spacial score (nSPS) is 18.1. The maximum atomic E-state index is 11.9. The molecule has 1 aliphatic rings. The fraction of sp³-hybridized carbons (Fsp3) is 0.667. The predicted molar refractivity (Wildman–Crippen MR) is 169 cm³/mol. The van der Waals surface area contributed by atoms with E-state index in [0.717, 1.165) is 30.1 Å². The molecule has 1 aliphatic heterocycles. The van der Waals surface area contributed by atoms with Gasteiger partial charge in [0.1, 0.15) is 5.69 Å². The van der Waals surface area contributed by atoms with Crippen molar-refractivity contribution in [2.24, 2.45) is 0 Å². The van der Waals surface area contributed by atoms with Crippen LogP contribution in [0.4, 0.5) is 0 Å². The standard InChI is InChI=1S/C33H52N4O8/c1-4-15-40-24-25-45-27-32(30-9-5-7-28(2)34-30)37-13-18-43-22-20-41-16-11-36(12-17-42-21-23-44-19-14-37)26-29-8-6-10-31(35-29)33(38)39-3/h5-10,32H,4,11-27H2,1-3H3. The molecule has 0 aliphatic carbocycles. The van der Waals surface area contributed by atoms with Crippen molar-refractivity contribution in [2.75, 3.05) is 113 Å². The van der Waals surface area contributed by atoms with E-state index in [4.69, 9.17) is 38.1 Å². The average molecular weight is 633 g/mol. The Labute approximate surface area is 268 Å². The first-order valence-corrected chi connectivity index (χ1v) is 16.0. The Morgan fingerprint density at radius 3 is 2.04 bits per heavy atom. The molecule has 3 rings (SSSR count). The molecule has 2 aromatic rings. The molecule has 1 unspecified atom stereocenters. The SMILES string of the molecule is CCCOCCOCC(c1cccc(C)n1)N1CCOCCOCCN(Cc2cccc(C(=O)OC)n2)CCOCCOCC1. The van der Waals surface area contributed by atoms with Gasteiger partial charge in [0.2, 0.25) is 0 Å². The van der Waals surface area contributed by atoms with Gasteiger partial charge in [-0.15, -0.1) is 0 Å². The lowest BCUT2D eigenvalue weighted by Gasteiger charge is -2.31. The summed E-state index contributed by atoms with van der Waals surface area (Å²) in [5, 5.41) is 0. The number of ether oxygens (including phenoxy) is 7. The Hall–Kier alpha value is -2.55. The van der Waals surface area contributed by atoms with Gasteiger partial charge in [-0.1, -0.05) is 19.1 Å². The first kappa shape index (κ1) is 36.9. The van der Waals surface area contributed by atoms with Crippen LogP contribution in [-0.2, 0) is 39.7 Å². The van der Waals surface area contributed by atoms with Crippen molar-refractivity contribution >= 4 is 5.97 Å². The van der Waals surface area contributed by atoms with Gasteiger partial charge in [-0.3, -0.25) is 14.8 Å². The van der Waals surface area contributed by atoms with Crippen LogP contribution >= 0.6 is 0 Å². The molecule has 252 valence electrons. The average Bonchev–Trinajstić information content (AvgIpc) is 3.05. The molecule has 1 fully saturated rings. The zero-order valence-corrected chi connectivity index (χ0v) is 27.3. The maximum absolute atomic E-state index is 11.9. The van der Waals surface area contributed by atoms with Crippen LogP contribution in [0.2, 0.25) is 0 Å². The highest BCUT2D eigenvalue weighted by atomic mass is 16.5. The lowest BCUT2D eigenvalue weighted by Crippen LogP contribution is -2.38. The van der Waals surface area contributed by atoms with Crippen LogP contribution < -0.4 is 0 Å². The molecule has 0 spiro atoms. The lowest BCUT2D eigenvalue weighted by atomic mass is 10.1. The van der Waals surface area contributed by atoms with Crippen LogP contribution in [0.5, 0.6) is 0 Å². The number of aromatic nitrogens is 2. The van der Waals surface area contributed by atoms with Crippen molar-refractivity contribution in [3.63, 3.8) is 0 Å². The quantitative estimate of drug-likeness (QED) is 0.253. The summed E-state index contributed by atoms with van der Waals surface area (Å²) in [4.78, 5) is 25.7. The number of hydrogen-bond acceptors (Lipinski definition) is 12. The molecule has 2 aromatic heterocycles. The minimum absolute atomic E-state index is 0.0462. The highest BCUT2D eigenvalue weighted by Gasteiger charge is 2.22.